The molecule has 194 valence electrons. The number of carbonyl (C=O) groups excluding carboxylic acids is 4. The van der Waals surface area contributed by atoms with Crippen molar-refractivity contribution in [2.24, 2.45) is 5.73 Å². The number of amides is 3. The van der Waals surface area contributed by atoms with E-state index in [1.165, 1.54) is 29.2 Å². The summed E-state index contributed by atoms with van der Waals surface area (Å²) in [5.74, 6) is -2.99. The SMILES string of the molecule is CCOC(=O)CNC(=O)C(c1ccc(O)cc1)N(C(=O)c1snc(C(N)=O)c1N)c1cc(C)ccc1C. The van der Waals surface area contributed by atoms with Gasteiger partial charge in [0, 0.05) is 5.69 Å². The van der Waals surface area contributed by atoms with E-state index >= 15 is 0 Å². The van der Waals surface area contributed by atoms with Crippen LogP contribution in [0, 0.1) is 13.8 Å². The van der Waals surface area contributed by atoms with Crippen LogP contribution in [0.4, 0.5) is 11.4 Å². The molecule has 0 spiro atoms. The summed E-state index contributed by atoms with van der Waals surface area (Å²) in [5, 5.41) is 12.3. The molecule has 0 aliphatic carbocycles. The molecular weight excluding hydrogens is 498 g/mol. The highest BCUT2D eigenvalue weighted by molar-refractivity contribution is 7.09. The number of rotatable bonds is 9. The van der Waals surface area contributed by atoms with Crippen molar-refractivity contribution >= 4 is 46.6 Å². The first-order chi connectivity index (χ1) is 17.5. The largest absolute Gasteiger partial charge is 0.508 e. The van der Waals surface area contributed by atoms with Gasteiger partial charge in [0.05, 0.1) is 12.3 Å². The molecule has 3 rings (SSSR count). The Kier molecular flexibility index (Phi) is 8.45. The monoisotopic (exact) mass is 525 g/mol. The number of benzene rings is 2. The molecule has 6 N–H and O–H groups in total. The minimum atomic E-state index is -1.30. The summed E-state index contributed by atoms with van der Waals surface area (Å²) in [5.41, 5.74) is 13.2. The average molecular weight is 526 g/mol. The molecule has 3 aromatic rings. The highest BCUT2D eigenvalue weighted by Gasteiger charge is 2.37. The zero-order valence-electron chi connectivity index (χ0n) is 20.5. The van der Waals surface area contributed by atoms with Crippen molar-refractivity contribution < 1.29 is 29.0 Å². The Balaban J connectivity index is 2.20. The van der Waals surface area contributed by atoms with Crippen molar-refractivity contribution in [1.82, 2.24) is 9.69 Å². The Morgan fingerprint density at radius 3 is 2.41 bits per heavy atom. The van der Waals surface area contributed by atoms with Crippen LogP contribution >= 0.6 is 11.5 Å². The third kappa shape index (κ3) is 6.04. The fraction of sp³-hybridized carbons (Fsp3) is 0.240. The van der Waals surface area contributed by atoms with Gasteiger partial charge in [0.1, 0.15) is 23.2 Å². The van der Waals surface area contributed by atoms with Gasteiger partial charge in [-0.2, -0.15) is 4.37 Å². The van der Waals surface area contributed by atoms with Crippen LogP contribution in [0.5, 0.6) is 5.75 Å². The lowest BCUT2D eigenvalue weighted by Gasteiger charge is -2.32. The predicted molar refractivity (Wildman–Crippen MR) is 138 cm³/mol. The van der Waals surface area contributed by atoms with Crippen LogP contribution in [-0.4, -0.2) is 46.3 Å². The number of esters is 1. The van der Waals surface area contributed by atoms with Gasteiger partial charge < -0.3 is 26.6 Å². The van der Waals surface area contributed by atoms with Gasteiger partial charge in [-0.3, -0.25) is 24.1 Å². The van der Waals surface area contributed by atoms with Crippen molar-refractivity contribution in [1.29, 1.82) is 0 Å². The quantitative estimate of drug-likeness (QED) is 0.307. The summed E-state index contributed by atoms with van der Waals surface area (Å²) in [4.78, 5) is 52.4. The van der Waals surface area contributed by atoms with Crippen LogP contribution < -0.4 is 21.7 Å². The normalized spacial score (nSPS) is 11.4. The molecule has 37 heavy (non-hydrogen) atoms. The topological polar surface area (TPSA) is 178 Å². The van der Waals surface area contributed by atoms with Crippen molar-refractivity contribution in [3.63, 3.8) is 0 Å². The Labute approximate surface area is 217 Å². The van der Waals surface area contributed by atoms with Crippen LogP contribution in [0.25, 0.3) is 0 Å². The van der Waals surface area contributed by atoms with E-state index in [-0.39, 0.29) is 28.6 Å². The van der Waals surface area contributed by atoms with E-state index in [1.807, 2.05) is 13.0 Å². The lowest BCUT2D eigenvalue weighted by atomic mass is 10.0. The Morgan fingerprint density at radius 2 is 1.81 bits per heavy atom. The molecule has 0 radical (unpaired) electrons. The first kappa shape index (κ1) is 27.1. The third-order valence-electron chi connectivity index (χ3n) is 5.43. The molecule has 3 amide bonds. The van der Waals surface area contributed by atoms with Crippen molar-refractivity contribution in [2.75, 3.05) is 23.8 Å². The van der Waals surface area contributed by atoms with Crippen molar-refractivity contribution in [3.8, 4) is 5.75 Å². The number of hydrogen-bond donors (Lipinski definition) is 4. The van der Waals surface area contributed by atoms with Crippen LogP contribution in [0.1, 0.15) is 49.8 Å². The molecule has 1 heterocycles. The first-order valence-electron chi connectivity index (χ1n) is 11.2. The molecule has 0 fully saturated rings. The number of ether oxygens (including phenoxy) is 1. The van der Waals surface area contributed by atoms with E-state index in [2.05, 4.69) is 9.69 Å². The number of aromatic hydroxyl groups is 1. The number of carbonyl (C=O) groups is 4. The second-order valence-electron chi connectivity index (χ2n) is 8.12. The summed E-state index contributed by atoms with van der Waals surface area (Å²) in [6.07, 6.45) is 0. The first-order valence-corrected chi connectivity index (χ1v) is 12.0. The lowest BCUT2D eigenvalue weighted by molar-refractivity contribution is -0.143. The summed E-state index contributed by atoms with van der Waals surface area (Å²) < 4.78 is 8.82. The fourth-order valence-corrected chi connectivity index (χ4v) is 4.37. The number of nitrogens with one attached hydrogen (secondary N) is 1. The van der Waals surface area contributed by atoms with Gasteiger partial charge in [0.25, 0.3) is 11.8 Å². The fourth-order valence-electron chi connectivity index (χ4n) is 3.63. The van der Waals surface area contributed by atoms with Gasteiger partial charge in [0.15, 0.2) is 5.69 Å². The summed E-state index contributed by atoms with van der Waals surface area (Å²) in [6, 6.07) is 9.79. The van der Waals surface area contributed by atoms with Gasteiger partial charge in [-0.05, 0) is 67.2 Å². The molecular formula is C25H27N5O6S. The highest BCUT2D eigenvalue weighted by atomic mass is 32.1. The van der Waals surface area contributed by atoms with Crippen molar-refractivity contribution in [3.05, 3.63) is 69.7 Å². The van der Waals surface area contributed by atoms with E-state index in [9.17, 15) is 24.3 Å². The molecule has 1 aromatic heterocycles. The Morgan fingerprint density at radius 1 is 1.14 bits per heavy atom. The van der Waals surface area contributed by atoms with Crippen LogP contribution in [0.3, 0.4) is 0 Å². The highest BCUT2D eigenvalue weighted by Crippen LogP contribution is 2.35. The minimum Gasteiger partial charge on any atom is -0.508 e. The second kappa shape index (κ2) is 11.5. The molecule has 12 heteroatoms. The van der Waals surface area contributed by atoms with E-state index in [4.69, 9.17) is 16.2 Å². The zero-order chi connectivity index (χ0) is 27.3. The van der Waals surface area contributed by atoms with Crippen LogP contribution in [0.2, 0.25) is 0 Å². The number of aromatic nitrogens is 1. The van der Waals surface area contributed by atoms with Crippen LogP contribution in [-0.2, 0) is 14.3 Å². The molecule has 0 saturated heterocycles. The molecule has 2 aromatic carbocycles. The minimum absolute atomic E-state index is 0.0446. The Hall–Kier alpha value is -4.45. The molecule has 0 bridgehead atoms. The summed E-state index contributed by atoms with van der Waals surface area (Å²) >= 11 is 0.684. The standard InChI is InChI=1S/C25H27N5O6S/c1-4-36-18(32)12-28-24(34)21(15-7-9-16(31)10-8-15)30(17-11-13(2)5-6-14(17)3)25(35)22-19(26)20(23(27)33)29-37-22/h5-11,21,31H,4,12,26H2,1-3H3,(H2,27,33)(H,28,34). The molecule has 0 saturated carbocycles. The maximum Gasteiger partial charge on any atom is 0.325 e. The van der Waals surface area contributed by atoms with E-state index in [0.29, 0.717) is 28.3 Å². The molecule has 0 aliphatic heterocycles. The molecule has 11 nitrogen and oxygen atoms in total. The number of primary amides is 1. The van der Waals surface area contributed by atoms with Gasteiger partial charge in [-0.1, -0.05) is 24.3 Å². The van der Waals surface area contributed by atoms with E-state index in [0.717, 1.165) is 5.56 Å². The zero-order valence-corrected chi connectivity index (χ0v) is 21.3. The van der Waals surface area contributed by atoms with Crippen molar-refractivity contribution in [2.45, 2.75) is 26.8 Å². The summed E-state index contributed by atoms with van der Waals surface area (Å²) in [7, 11) is 0. The molecule has 0 aliphatic rings. The third-order valence-corrected chi connectivity index (χ3v) is 6.28. The average Bonchev–Trinajstić information content (AvgIpc) is 3.25. The van der Waals surface area contributed by atoms with Gasteiger partial charge >= 0.3 is 5.97 Å². The van der Waals surface area contributed by atoms with Crippen LogP contribution in [0.15, 0.2) is 42.5 Å². The summed E-state index contributed by atoms with van der Waals surface area (Å²) in [6.45, 7) is 4.94. The maximum absolute atomic E-state index is 14.0. The predicted octanol–water partition coefficient (Wildman–Crippen LogP) is 2.21. The number of hydrogen-bond acceptors (Lipinski definition) is 9. The lowest BCUT2D eigenvalue weighted by Crippen LogP contribution is -2.45. The number of nitrogens with zero attached hydrogens (tertiary/aromatic N) is 2. The van der Waals surface area contributed by atoms with E-state index < -0.39 is 36.3 Å². The maximum atomic E-state index is 14.0. The Bertz CT molecular complexity index is 1340. The number of aryl methyl sites for hydroxylation is 2. The van der Waals surface area contributed by atoms with Gasteiger partial charge in [-0.25, -0.2) is 0 Å². The second-order valence-corrected chi connectivity index (χ2v) is 8.89. The number of nitrogens with two attached hydrogens (primary N) is 2. The van der Waals surface area contributed by atoms with E-state index in [1.54, 1.807) is 26.0 Å². The number of anilines is 2. The smallest absolute Gasteiger partial charge is 0.325 e. The van der Waals surface area contributed by atoms with Gasteiger partial charge in [0.2, 0.25) is 5.91 Å². The molecule has 1 unspecified atom stereocenters. The van der Waals surface area contributed by atoms with Gasteiger partial charge in [-0.15, -0.1) is 0 Å². The number of phenols is 1. The number of phenolic OH excluding ortho intramolecular Hbond substituents is 1. The molecule has 1 atom stereocenters. The number of nitrogen functional groups attached to an aromatic ring is 1.